The third-order valence-electron chi connectivity index (χ3n) is 4.25. The fraction of sp³-hybridized carbons (Fsp3) is 0.375. The first-order valence-corrected chi connectivity index (χ1v) is 7.50. The monoisotopic (exact) mass is 295 g/mol. The second-order valence-electron chi connectivity index (χ2n) is 6.06. The minimum atomic E-state index is -0.213. The number of carbonyl (C=O) groups is 1. The third kappa shape index (κ3) is 1.94. The van der Waals surface area contributed by atoms with Gasteiger partial charge in [-0.1, -0.05) is 6.92 Å². The molecule has 0 saturated carbocycles. The Labute approximate surface area is 128 Å². The molecular formula is C16H17N5O. The number of aromatic nitrogens is 4. The summed E-state index contributed by atoms with van der Waals surface area (Å²) >= 11 is 0. The SMILES string of the molecule is Cc1nc2n(n1)[C@@H](c1ccncc1)C1=C(C[C@H](C)CC1=O)N2. The van der Waals surface area contributed by atoms with Crippen molar-refractivity contribution in [1.82, 2.24) is 19.7 Å². The van der Waals surface area contributed by atoms with Crippen molar-refractivity contribution in [2.24, 2.45) is 5.92 Å². The average Bonchev–Trinajstić information content (AvgIpc) is 2.85. The highest BCUT2D eigenvalue weighted by molar-refractivity contribution is 5.99. The Balaban J connectivity index is 1.92. The summed E-state index contributed by atoms with van der Waals surface area (Å²) in [6, 6.07) is 3.66. The van der Waals surface area contributed by atoms with Gasteiger partial charge in [-0.2, -0.15) is 10.1 Å². The number of fused-ring (bicyclic) bond motifs is 1. The largest absolute Gasteiger partial charge is 0.328 e. The maximum absolute atomic E-state index is 12.7. The molecule has 0 radical (unpaired) electrons. The minimum absolute atomic E-state index is 0.196. The van der Waals surface area contributed by atoms with E-state index in [2.05, 4.69) is 27.3 Å². The first kappa shape index (κ1) is 13.2. The van der Waals surface area contributed by atoms with Gasteiger partial charge in [0, 0.05) is 30.1 Å². The number of aryl methyl sites for hydroxylation is 1. The summed E-state index contributed by atoms with van der Waals surface area (Å²) in [5.41, 5.74) is 2.82. The molecule has 22 heavy (non-hydrogen) atoms. The van der Waals surface area contributed by atoms with E-state index in [1.807, 2.05) is 23.7 Å². The van der Waals surface area contributed by atoms with Crippen molar-refractivity contribution in [3.8, 4) is 0 Å². The van der Waals surface area contributed by atoms with Crippen LogP contribution in [0.3, 0.4) is 0 Å². The van der Waals surface area contributed by atoms with Crippen LogP contribution in [0, 0.1) is 12.8 Å². The van der Waals surface area contributed by atoms with E-state index in [1.54, 1.807) is 12.4 Å². The number of nitrogens with zero attached hydrogens (tertiary/aromatic N) is 4. The Morgan fingerprint density at radius 2 is 2.05 bits per heavy atom. The molecule has 2 atom stereocenters. The van der Waals surface area contributed by atoms with E-state index < -0.39 is 0 Å². The van der Waals surface area contributed by atoms with E-state index in [-0.39, 0.29) is 11.8 Å². The molecule has 0 bridgehead atoms. The molecule has 2 aromatic rings. The number of hydrogen-bond donors (Lipinski definition) is 1. The second-order valence-corrected chi connectivity index (χ2v) is 6.06. The molecule has 0 unspecified atom stereocenters. The van der Waals surface area contributed by atoms with Gasteiger partial charge in [0.15, 0.2) is 5.78 Å². The fourth-order valence-corrected chi connectivity index (χ4v) is 3.37. The topological polar surface area (TPSA) is 72.7 Å². The van der Waals surface area contributed by atoms with Gasteiger partial charge in [-0.25, -0.2) is 4.68 Å². The molecule has 1 aliphatic carbocycles. The molecule has 6 heteroatoms. The highest BCUT2D eigenvalue weighted by atomic mass is 16.1. The zero-order valence-corrected chi connectivity index (χ0v) is 12.6. The van der Waals surface area contributed by atoms with Crippen LogP contribution in [0.4, 0.5) is 5.95 Å². The van der Waals surface area contributed by atoms with E-state index in [1.165, 1.54) is 0 Å². The molecule has 0 fully saturated rings. The lowest BCUT2D eigenvalue weighted by Crippen LogP contribution is -2.33. The molecule has 1 aliphatic heterocycles. The van der Waals surface area contributed by atoms with Crippen molar-refractivity contribution in [2.45, 2.75) is 32.7 Å². The van der Waals surface area contributed by atoms with Crippen LogP contribution in [0.5, 0.6) is 0 Å². The molecule has 112 valence electrons. The molecular weight excluding hydrogens is 278 g/mol. The number of pyridine rings is 1. The highest BCUT2D eigenvalue weighted by Gasteiger charge is 2.38. The summed E-state index contributed by atoms with van der Waals surface area (Å²) in [5, 5.41) is 7.80. The van der Waals surface area contributed by atoms with Crippen LogP contribution in [0.1, 0.15) is 37.2 Å². The standard InChI is InChI=1S/C16H17N5O/c1-9-7-12-14(13(22)8-9)15(11-3-5-17-6-4-11)21-16(19-12)18-10(2)20-21/h3-6,9,15H,7-8H2,1-2H3,(H,18,19,20)/t9-,15-/m0/s1. The first-order valence-electron chi connectivity index (χ1n) is 7.50. The molecule has 0 spiro atoms. The van der Waals surface area contributed by atoms with Gasteiger partial charge in [-0.3, -0.25) is 9.78 Å². The number of nitrogens with one attached hydrogen (secondary N) is 1. The Hall–Kier alpha value is -2.50. The van der Waals surface area contributed by atoms with Crippen molar-refractivity contribution >= 4 is 11.7 Å². The van der Waals surface area contributed by atoms with Gasteiger partial charge in [-0.15, -0.1) is 0 Å². The van der Waals surface area contributed by atoms with Gasteiger partial charge >= 0.3 is 0 Å². The van der Waals surface area contributed by atoms with Crippen molar-refractivity contribution < 1.29 is 4.79 Å². The molecule has 0 saturated heterocycles. The van der Waals surface area contributed by atoms with E-state index >= 15 is 0 Å². The van der Waals surface area contributed by atoms with Crippen LogP contribution in [-0.4, -0.2) is 25.5 Å². The van der Waals surface area contributed by atoms with Crippen LogP contribution in [0.25, 0.3) is 0 Å². The number of allylic oxidation sites excluding steroid dienone is 2. The lowest BCUT2D eigenvalue weighted by atomic mass is 9.81. The molecule has 2 aliphatic rings. The van der Waals surface area contributed by atoms with Gasteiger partial charge in [0.2, 0.25) is 5.95 Å². The lowest BCUT2D eigenvalue weighted by Gasteiger charge is -2.34. The highest BCUT2D eigenvalue weighted by Crippen LogP contribution is 2.40. The maximum Gasteiger partial charge on any atom is 0.226 e. The van der Waals surface area contributed by atoms with Gasteiger partial charge in [0.05, 0.1) is 0 Å². The number of ketones is 1. The van der Waals surface area contributed by atoms with Gasteiger partial charge < -0.3 is 5.32 Å². The van der Waals surface area contributed by atoms with Crippen molar-refractivity contribution in [3.05, 3.63) is 47.2 Å². The minimum Gasteiger partial charge on any atom is -0.328 e. The zero-order chi connectivity index (χ0) is 15.3. The summed E-state index contributed by atoms with van der Waals surface area (Å²) in [6.07, 6.45) is 4.95. The maximum atomic E-state index is 12.7. The normalized spacial score (nSPS) is 23.8. The van der Waals surface area contributed by atoms with Gasteiger partial charge in [-0.05, 0) is 37.0 Å². The summed E-state index contributed by atoms with van der Waals surface area (Å²) < 4.78 is 1.82. The molecule has 3 heterocycles. The summed E-state index contributed by atoms with van der Waals surface area (Å²) in [7, 11) is 0. The average molecular weight is 295 g/mol. The van der Waals surface area contributed by atoms with E-state index in [0.717, 1.165) is 23.3 Å². The van der Waals surface area contributed by atoms with Crippen molar-refractivity contribution in [2.75, 3.05) is 5.32 Å². The molecule has 1 N–H and O–H groups in total. The van der Waals surface area contributed by atoms with Gasteiger partial charge in [0.25, 0.3) is 0 Å². The van der Waals surface area contributed by atoms with Crippen LogP contribution in [0.15, 0.2) is 35.8 Å². The Bertz CT molecular complexity index is 777. The summed E-state index contributed by atoms with van der Waals surface area (Å²) in [4.78, 5) is 21.2. The molecule has 0 aromatic carbocycles. The number of Topliss-reactive ketones (excluding diaryl/α,β-unsaturated/α-hetero) is 1. The molecule has 6 nitrogen and oxygen atoms in total. The predicted octanol–water partition coefficient (Wildman–Crippen LogP) is 2.25. The number of anilines is 1. The quantitative estimate of drug-likeness (QED) is 0.873. The zero-order valence-electron chi connectivity index (χ0n) is 12.6. The van der Waals surface area contributed by atoms with Crippen LogP contribution < -0.4 is 5.32 Å². The van der Waals surface area contributed by atoms with Crippen molar-refractivity contribution in [1.29, 1.82) is 0 Å². The van der Waals surface area contributed by atoms with E-state index in [4.69, 9.17) is 0 Å². The molecule has 2 aromatic heterocycles. The van der Waals surface area contributed by atoms with Gasteiger partial charge in [0.1, 0.15) is 11.9 Å². The van der Waals surface area contributed by atoms with Crippen LogP contribution in [-0.2, 0) is 4.79 Å². The van der Waals surface area contributed by atoms with Crippen molar-refractivity contribution in [3.63, 3.8) is 0 Å². The summed E-state index contributed by atoms with van der Waals surface area (Å²) in [5.74, 6) is 1.95. The van der Waals surface area contributed by atoms with E-state index in [0.29, 0.717) is 24.1 Å². The predicted molar refractivity (Wildman–Crippen MR) is 81.2 cm³/mol. The molecule has 4 rings (SSSR count). The van der Waals surface area contributed by atoms with E-state index in [9.17, 15) is 4.79 Å². The van der Waals surface area contributed by atoms with Crippen LogP contribution in [0.2, 0.25) is 0 Å². The fourth-order valence-electron chi connectivity index (χ4n) is 3.37. The Morgan fingerprint density at radius 3 is 2.82 bits per heavy atom. The number of carbonyl (C=O) groups excluding carboxylic acids is 1. The third-order valence-corrected chi connectivity index (χ3v) is 4.25. The number of rotatable bonds is 1. The first-order chi connectivity index (χ1) is 10.6. The number of hydrogen-bond acceptors (Lipinski definition) is 5. The Morgan fingerprint density at radius 1 is 1.27 bits per heavy atom. The summed E-state index contributed by atoms with van der Waals surface area (Å²) in [6.45, 7) is 3.97. The molecule has 0 amide bonds. The smallest absolute Gasteiger partial charge is 0.226 e. The second kappa shape index (κ2) is 4.76. The van der Waals surface area contributed by atoms with Crippen LogP contribution >= 0.6 is 0 Å². The lowest BCUT2D eigenvalue weighted by molar-refractivity contribution is -0.117. The Kier molecular flexibility index (Phi) is 2.85.